The van der Waals surface area contributed by atoms with E-state index in [1.807, 2.05) is 19.9 Å². The van der Waals surface area contributed by atoms with Crippen molar-refractivity contribution in [2.75, 3.05) is 19.6 Å². The van der Waals surface area contributed by atoms with Gasteiger partial charge in [0.25, 0.3) is 0 Å². The smallest absolute Gasteiger partial charge is 0.241 e. The topological polar surface area (TPSA) is 50.2 Å². The number of rotatable bonds is 8. The Labute approximate surface area is 175 Å². The van der Waals surface area contributed by atoms with Crippen molar-refractivity contribution in [3.8, 4) is 0 Å². The normalized spacial score (nSPS) is 15.8. The zero-order valence-corrected chi connectivity index (χ0v) is 18.4. The molecule has 1 N–H and O–H groups in total. The maximum atomic E-state index is 12.1. The Morgan fingerprint density at radius 1 is 1.14 bits per heavy atom. The molecule has 0 saturated carbocycles. The summed E-state index contributed by atoms with van der Waals surface area (Å²) in [5.74, 6) is 0.824. The molecule has 1 amide bonds. The number of amides is 1. The molecule has 158 valence electrons. The molecule has 1 aromatic carbocycles. The van der Waals surface area contributed by atoms with E-state index in [1.54, 1.807) is 4.68 Å². The third-order valence-electron chi connectivity index (χ3n) is 6.06. The number of nitrogens with zero attached hydrogens (tertiary/aromatic N) is 3. The minimum Gasteiger partial charge on any atom is -0.354 e. The summed E-state index contributed by atoms with van der Waals surface area (Å²) < 4.78 is 1.76. The Bertz CT molecular complexity index is 786. The van der Waals surface area contributed by atoms with E-state index in [1.165, 1.54) is 43.5 Å². The Hall–Kier alpha value is -2.14. The molecule has 3 rings (SSSR count). The first-order chi connectivity index (χ1) is 13.9. The molecule has 1 aliphatic heterocycles. The Balaban J connectivity index is 1.38. The molecule has 0 aliphatic carbocycles. The van der Waals surface area contributed by atoms with Gasteiger partial charge in [0.2, 0.25) is 5.91 Å². The second-order valence-electron chi connectivity index (χ2n) is 8.78. The zero-order valence-electron chi connectivity index (χ0n) is 18.4. The fourth-order valence-corrected chi connectivity index (χ4v) is 4.22. The third-order valence-corrected chi connectivity index (χ3v) is 6.06. The highest BCUT2D eigenvalue weighted by Crippen LogP contribution is 2.23. The SMILES string of the molecule is Cc1cc(C)n(CC(=O)NCCc2ccc(CC3CCN(C(C)C)CC3)cc2)n1. The van der Waals surface area contributed by atoms with Crippen LogP contribution in [0.3, 0.4) is 0 Å². The number of nitrogens with one attached hydrogen (secondary N) is 1. The lowest BCUT2D eigenvalue weighted by Crippen LogP contribution is -2.38. The molecule has 0 spiro atoms. The van der Waals surface area contributed by atoms with Crippen LogP contribution in [-0.4, -0.2) is 46.3 Å². The van der Waals surface area contributed by atoms with Crippen molar-refractivity contribution in [2.45, 2.75) is 66.0 Å². The average Bonchev–Trinajstić information content (AvgIpc) is 3.00. The minimum atomic E-state index is 0.0144. The van der Waals surface area contributed by atoms with Crippen LogP contribution in [0.2, 0.25) is 0 Å². The van der Waals surface area contributed by atoms with Crippen LogP contribution in [0.25, 0.3) is 0 Å². The molecule has 29 heavy (non-hydrogen) atoms. The molecule has 0 bridgehead atoms. The number of piperidine rings is 1. The second kappa shape index (κ2) is 10.1. The molecule has 2 aromatic rings. The lowest BCUT2D eigenvalue weighted by Gasteiger charge is -2.34. The number of aromatic nitrogens is 2. The van der Waals surface area contributed by atoms with Gasteiger partial charge < -0.3 is 10.2 Å². The molecular formula is C24H36N4O. The summed E-state index contributed by atoms with van der Waals surface area (Å²) in [5.41, 5.74) is 4.67. The maximum absolute atomic E-state index is 12.1. The van der Waals surface area contributed by atoms with Gasteiger partial charge in [-0.1, -0.05) is 24.3 Å². The largest absolute Gasteiger partial charge is 0.354 e. The van der Waals surface area contributed by atoms with Crippen molar-refractivity contribution in [3.63, 3.8) is 0 Å². The molecular weight excluding hydrogens is 360 g/mol. The van der Waals surface area contributed by atoms with Gasteiger partial charge in [0, 0.05) is 18.3 Å². The first kappa shape index (κ1) is 21.6. The van der Waals surface area contributed by atoms with Crippen LogP contribution >= 0.6 is 0 Å². The van der Waals surface area contributed by atoms with Crippen LogP contribution < -0.4 is 5.32 Å². The Morgan fingerprint density at radius 2 is 1.79 bits per heavy atom. The molecule has 0 radical (unpaired) electrons. The van der Waals surface area contributed by atoms with Gasteiger partial charge in [-0.2, -0.15) is 5.10 Å². The van der Waals surface area contributed by atoms with E-state index in [4.69, 9.17) is 0 Å². The number of carbonyl (C=O) groups is 1. The van der Waals surface area contributed by atoms with E-state index in [9.17, 15) is 4.79 Å². The van der Waals surface area contributed by atoms with Gasteiger partial charge in [-0.15, -0.1) is 0 Å². The van der Waals surface area contributed by atoms with Gasteiger partial charge in [-0.25, -0.2) is 0 Å². The fraction of sp³-hybridized carbons (Fsp3) is 0.583. The number of benzene rings is 1. The molecule has 2 heterocycles. The van der Waals surface area contributed by atoms with Crippen LogP contribution in [0.1, 0.15) is 49.2 Å². The van der Waals surface area contributed by atoms with E-state index >= 15 is 0 Å². The highest BCUT2D eigenvalue weighted by molar-refractivity contribution is 5.75. The predicted molar refractivity (Wildman–Crippen MR) is 118 cm³/mol. The van der Waals surface area contributed by atoms with Crippen molar-refractivity contribution >= 4 is 5.91 Å². The molecule has 0 atom stereocenters. The van der Waals surface area contributed by atoms with Crippen molar-refractivity contribution in [3.05, 3.63) is 52.8 Å². The average molecular weight is 397 g/mol. The predicted octanol–water partition coefficient (Wildman–Crippen LogP) is 3.52. The zero-order chi connectivity index (χ0) is 20.8. The lowest BCUT2D eigenvalue weighted by atomic mass is 9.89. The number of hydrogen-bond donors (Lipinski definition) is 1. The molecule has 0 unspecified atom stereocenters. The number of carbonyl (C=O) groups excluding carboxylic acids is 1. The Kier molecular flexibility index (Phi) is 7.48. The second-order valence-corrected chi connectivity index (χ2v) is 8.78. The van der Waals surface area contributed by atoms with Gasteiger partial charge in [0.1, 0.15) is 6.54 Å². The summed E-state index contributed by atoms with van der Waals surface area (Å²) in [6.07, 6.45) is 4.66. The van der Waals surface area contributed by atoms with Crippen molar-refractivity contribution in [1.29, 1.82) is 0 Å². The van der Waals surface area contributed by atoms with E-state index in [0.717, 1.165) is 23.7 Å². The standard InChI is InChI=1S/C24H36N4O/c1-18(2)27-13-10-23(11-14-27)16-22-7-5-21(6-8-22)9-12-25-24(29)17-28-20(4)15-19(3)26-28/h5-8,15,18,23H,9-14,16-17H2,1-4H3,(H,25,29). The first-order valence-corrected chi connectivity index (χ1v) is 11.0. The molecule has 5 heteroatoms. The van der Waals surface area contributed by atoms with Crippen molar-refractivity contribution in [2.24, 2.45) is 5.92 Å². The van der Waals surface area contributed by atoms with Gasteiger partial charge in [0.05, 0.1) is 5.69 Å². The van der Waals surface area contributed by atoms with Gasteiger partial charge in [-0.3, -0.25) is 9.48 Å². The van der Waals surface area contributed by atoms with Crippen LogP contribution in [0, 0.1) is 19.8 Å². The molecule has 1 fully saturated rings. The maximum Gasteiger partial charge on any atom is 0.241 e. The van der Waals surface area contributed by atoms with E-state index in [-0.39, 0.29) is 12.5 Å². The summed E-state index contributed by atoms with van der Waals surface area (Å²) in [7, 11) is 0. The summed E-state index contributed by atoms with van der Waals surface area (Å²) in [6, 6.07) is 11.6. The van der Waals surface area contributed by atoms with Crippen molar-refractivity contribution in [1.82, 2.24) is 20.0 Å². The van der Waals surface area contributed by atoms with E-state index < -0.39 is 0 Å². The minimum absolute atomic E-state index is 0.0144. The highest BCUT2D eigenvalue weighted by Gasteiger charge is 2.20. The molecule has 5 nitrogen and oxygen atoms in total. The third kappa shape index (κ3) is 6.43. The first-order valence-electron chi connectivity index (χ1n) is 11.0. The molecule has 1 saturated heterocycles. The summed E-state index contributed by atoms with van der Waals surface area (Å²) in [4.78, 5) is 14.7. The number of hydrogen-bond acceptors (Lipinski definition) is 3. The lowest BCUT2D eigenvalue weighted by molar-refractivity contribution is -0.121. The summed E-state index contributed by atoms with van der Waals surface area (Å²) in [5, 5.41) is 7.34. The summed E-state index contributed by atoms with van der Waals surface area (Å²) >= 11 is 0. The van der Waals surface area contributed by atoms with Gasteiger partial charge in [-0.05, 0) is 89.6 Å². The van der Waals surface area contributed by atoms with Crippen LogP contribution in [0.4, 0.5) is 0 Å². The number of aryl methyl sites for hydroxylation is 2. The van der Waals surface area contributed by atoms with Crippen LogP contribution in [0.15, 0.2) is 30.3 Å². The van der Waals surface area contributed by atoms with Crippen LogP contribution in [0.5, 0.6) is 0 Å². The monoisotopic (exact) mass is 396 g/mol. The Morgan fingerprint density at radius 3 is 2.38 bits per heavy atom. The van der Waals surface area contributed by atoms with Crippen LogP contribution in [-0.2, 0) is 24.2 Å². The summed E-state index contributed by atoms with van der Waals surface area (Å²) in [6.45, 7) is 11.9. The molecule has 1 aromatic heterocycles. The number of likely N-dealkylation sites (tertiary alicyclic amines) is 1. The van der Waals surface area contributed by atoms with E-state index in [2.05, 4.69) is 53.4 Å². The van der Waals surface area contributed by atoms with Gasteiger partial charge in [0.15, 0.2) is 0 Å². The van der Waals surface area contributed by atoms with E-state index in [0.29, 0.717) is 12.6 Å². The molecule has 1 aliphatic rings. The quantitative estimate of drug-likeness (QED) is 0.743. The van der Waals surface area contributed by atoms with Gasteiger partial charge >= 0.3 is 0 Å². The highest BCUT2D eigenvalue weighted by atomic mass is 16.2. The fourth-order valence-electron chi connectivity index (χ4n) is 4.22. The van der Waals surface area contributed by atoms with Crippen molar-refractivity contribution < 1.29 is 4.79 Å².